The maximum atomic E-state index is 13.6. The van der Waals surface area contributed by atoms with Crippen molar-refractivity contribution < 1.29 is 31.1 Å². The van der Waals surface area contributed by atoms with Crippen molar-refractivity contribution in [3.8, 4) is 22.8 Å². The number of ether oxygens (including phenoxy) is 1. The van der Waals surface area contributed by atoms with E-state index >= 15 is 0 Å². The quantitative estimate of drug-likeness (QED) is 0.189. The topological polar surface area (TPSA) is 90.6 Å². The van der Waals surface area contributed by atoms with E-state index in [-0.39, 0.29) is 11.3 Å². The fraction of sp³-hybridized carbons (Fsp3) is 0.161. The first-order chi connectivity index (χ1) is 20.4. The van der Waals surface area contributed by atoms with E-state index in [1.54, 1.807) is 16.7 Å². The molecular weight excluding hydrogens is 603 g/mol. The maximum absolute atomic E-state index is 13.6. The first-order valence-electron chi connectivity index (χ1n) is 13.0. The number of carbonyl (C=O) groups excluding carboxylic acids is 1. The van der Waals surface area contributed by atoms with Crippen LogP contribution in [0.25, 0.3) is 28.1 Å². The Labute approximate surface area is 251 Å². The molecule has 4 aromatic carbocycles. The number of hydrogen-bond donors (Lipinski definition) is 0. The van der Waals surface area contributed by atoms with Crippen LogP contribution >= 0.6 is 11.6 Å². The number of carbonyl (C=O) groups is 1. The van der Waals surface area contributed by atoms with Crippen LogP contribution in [-0.4, -0.2) is 24.1 Å². The molecule has 1 amide bonds. The molecule has 7 nitrogen and oxygen atoms in total. The zero-order valence-electron chi connectivity index (χ0n) is 22.8. The van der Waals surface area contributed by atoms with Crippen molar-refractivity contribution in [1.29, 1.82) is 0 Å². The minimum absolute atomic E-state index is 0.160. The Morgan fingerprint density at radius 1 is 0.977 bits per heavy atom. The highest BCUT2D eigenvalue weighted by Gasteiger charge is 2.34. The second-order valence-electron chi connectivity index (χ2n) is 9.86. The van der Waals surface area contributed by atoms with Crippen LogP contribution in [0, 0.1) is 13.8 Å². The van der Waals surface area contributed by atoms with E-state index in [1.807, 2.05) is 68.4 Å². The van der Waals surface area contributed by atoms with Gasteiger partial charge in [-0.2, -0.15) is 21.6 Å². The molecule has 220 valence electrons. The Bertz CT molecular complexity index is 2000. The van der Waals surface area contributed by atoms with Gasteiger partial charge >= 0.3 is 22.8 Å². The highest BCUT2D eigenvalue weighted by Crippen LogP contribution is 2.39. The van der Waals surface area contributed by atoms with Crippen LogP contribution in [0.4, 0.5) is 18.0 Å². The number of halogens is 4. The number of nitrogens with zero attached hydrogens (tertiary/aromatic N) is 3. The van der Waals surface area contributed by atoms with Crippen LogP contribution in [0.3, 0.4) is 0 Å². The molecule has 0 spiro atoms. The lowest BCUT2D eigenvalue weighted by atomic mass is 10.0. The van der Waals surface area contributed by atoms with Gasteiger partial charge in [0.2, 0.25) is 0 Å². The van der Waals surface area contributed by atoms with Gasteiger partial charge in [0.1, 0.15) is 11.6 Å². The van der Waals surface area contributed by atoms with Crippen molar-refractivity contribution in [2.75, 3.05) is 0 Å². The van der Waals surface area contributed by atoms with Crippen LogP contribution in [0.1, 0.15) is 27.8 Å². The number of rotatable bonds is 6. The van der Waals surface area contributed by atoms with Crippen molar-refractivity contribution in [2.24, 2.45) is 4.36 Å². The molecule has 12 heteroatoms. The van der Waals surface area contributed by atoms with Gasteiger partial charge in [-0.3, -0.25) is 4.57 Å². The van der Waals surface area contributed by atoms with Gasteiger partial charge in [0.15, 0.2) is 0 Å². The molecule has 0 fully saturated rings. The van der Waals surface area contributed by atoms with Gasteiger partial charge in [0, 0.05) is 11.3 Å². The summed E-state index contributed by atoms with van der Waals surface area (Å²) in [5.41, 5.74) is 4.55. The van der Waals surface area contributed by atoms with Gasteiger partial charge < -0.3 is 4.74 Å². The lowest BCUT2D eigenvalue weighted by molar-refractivity contribution is -0.137. The van der Waals surface area contributed by atoms with Gasteiger partial charge in [0.25, 0.3) is 0 Å². The van der Waals surface area contributed by atoms with Gasteiger partial charge in [-0.25, -0.2) is 9.78 Å². The molecule has 0 bridgehead atoms. The number of amides is 1. The number of fused-ring (bicyclic) bond motifs is 1. The average molecular weight is 626 g/mol. The molecule has 0 saturated heterocycles. The zero-order chi connectivity index (χ0) is 30.9. The average Bonchev–Trinajstić information content (AvgIpc) is 3.30. The molecule has 1 aromatic heterocycles. The summed E-state index contributed by atoms with van der Waals surface area (Å²) in [6.07, 6.45) is -4.84. The molecule has 43 heavy (non-hydrogen) atoms. The Kier molecular flexibility index (Phi) is 8.38. The van der Waals surface area contributed by atoms with E-state index in [0.717, 1.165) is 28.3 Å². The van der Waals surface area contributed by atoms with Gasteiger partial charge in [-0.05, 0) is 73.7 Å². The fourth-order valence-electron chi connectivity index (χ4n) is 4.85. The summed E-state index contributed by atoms with van der Waals surface area (Å²) in [5.74, 6) is 0.691. The molecule has 0 N–H and O–H groups in total. The predicted octanol–water partition coefficient (Wildman–Crippen LogP) is 8.33. The molecule has 5 rings (SSSR count). The highest BCUT2D eigenvalue weighted by atomic mass is 35.5. The molecule has 0 aliphatic heterocycles. The van der Waals surface area contributed by atoms with E-state index in [9.17, 15) is 26.4 Å². The third kappa shape index (κ3) is 6.63. The number of hydrogen-bond acceptors (Lipinski definition) is 5. The van der Waals surface area contributed by atoms with E-state index in [2.05, 4.69) is 9.35 Å². The Morgan fingerprint density at radius 2 is 1.70 bits per heavy atom. The standard InChI is InChI=1S/C31H23ClF3N3O4S/c1-18-7-14-28(42-30(39)37-43(40)41)21(15-18)11-8-20-9-12-22(13-10-20)38-27-17-25(32)24(31(33,34)35)16-26(27)36-29(38)23-6-4-3-5-19(23)2/h3-7,9-10,12-17H,8,11H2,1-2H3. The lowest BCUT2D eigenvalue weighted by Crippen LogP contribution is -2.06. The summed E-state index contributed by atoms with van der Waals surface area (Å²) in [6.45, 7) is 3.79. The van der Waals surface area contributed by atoms with Crippen LogP contribution in [0.2, 0.25) is 5.02 Å². The van der Waals surface area contributed by atoms with E-state index < -0.39 is 33.4 Å². The predicted molar refractivity (Wildman–Crippen MR) is 157 cm³/mol. The minimum Gasteiger partial charge on any atom is -0.408 e. The molecular formula is C31H23ClF3N3O4S. The monoisotopic (exact) mass is 625 g/mol. The lowest BCUT2D eigenvalue weighted by Gasteiger charge is -2.13. The molecule has 0 atom stereocenters. The van der Waals surface area contributed by atoms with Crippen molar-refractivity contribution >= 4 is 39.2 Å². The number of alkyl halides is 3. The normalized spacial score (nSPS) is 11.5. The van der Waals surface area contributed by atoms with Crippen molar-refractivity contribution in [3.63, 3.8) is 0 Å². The van der Waals surface area contributed by atoms with Crippen molar-refractivity contribution in [2.45, 2.75) is 32.9 Å². The molecule has 0 saturated carbocycles. The summed E-state index contributed by atoms with van der Waals surface area (Å²) in [5, 5.41) is -0.418. The van der Waals surface area contributed by atoms with Crippen molar-refractivity contribution in [1.82, 2.24) is 9.55 Å². The molecule has 0 aliphatic rings. The second-order valence-corrected chi connectivity index (χ2v) is 10.9. The summed E-state index contributed by atoms with van der Waals surface area (Å²) in [6, 6.07) is 22.4. The molecule has 0 unspecified atom stereocenters. The van der Waals surface area contributed by atoms with Crippen LogP contribution < -0.4 is 4.74 Å². The fourth-order valence-corrected chi connectivity index (χ4v) is 5.27. The van der Waals surface area contributed by atoms with Crippen LogP contribution in [0.15, 0.2) is 83.2 Å². The first-order valence-corrected chi connectivity index (χ1v) is 14.4. The number of aryl methyl sites for hydroxylation is 4. The van der Waals surface area contributed by atoms with E-state index in [4.69, 9.17) is 16.3 Å². The van der Waals surface area contributed by atoms with E-state index in [0.29, 0.717) is 35.4 Å². The number of aromatic nitrogens is 2. The SMILES string of the molecule is Cc1ccc(OC(=O)N=S(=O)=O)c(CCc2ccc(-n3c(-c4ccccc4C)nc4cc(C(F)(F)F)c(Cl)cc43)cc2)c1. The number of benzene rings is 4. The summed E-state index contributed by atoms with van der Waals surface area (Å²) >= 11 is 6.11. The van der Waals surface area contributed by atoms with Crippen LogP contribution in [0.5, 0.6) is 5.75 Å². The highest BCUT2D eigenvalue weighted by molar-refractivity contribution is 7.62. The summed E-state index contributed by atoms with van der Waals surface area (Å²) in [4.78, 5) is 16.4. The van der Waals surface area contributed by atoms with E-state index in [1.165, 1.54) is 6.07 Å². The first kappa shape index (κ1) is 30.0. The third-order valence-electron chi connectivity index (χ3n) is 6.87. The van der Waals surface area contributed by atoms with Gasteiger partial charge in [-0.15, -0.1) is 0 Å². The Morgan fingerprint density at radius 3 is 2.37 bits per heavy atom. The number of imidazole rings is 1. The second kappa shape index (κ2) is 12.0. The molecule has 1 heterocycles. The van der Waals surface area contributed by atoms with Crippen LogP contribution in [-0.2, 0) is 29.5 Å². The Balaban J connectivity index is 1.50. The minimum atomic E-state index is -4.63. The molecule has 5 aromatic rings. The summed E-state index contributed by atoms with van der Waals surface area (Å²) in [7, 11) is -2.92. The molecule has 0 aliphatic carbocycles. The third-order valence-corrected chi connectivity index (χ3v) is 7.49. The largest absolute Gasteiger partial charge is 0.454 e. The zero-order valence-corrected chi connectivity index (χ0v) is 24.4. The van der Waals surface area contributed by atoms with Crippen molar-refractivity contribution in [3.05, 3.63) is 112 Å². The summed E-state index contributed by atoms with van der Waals surface area (Å²) < 4.78 is 72.0. The Hall–Kier alpha value is -4.48. The molecule has 0 radical (unpaired) electrons. The maximum Gasteiger partial charge on any atom is 0.454 e. The van der Waals surface area contributed by atoms with Gasteiger partial charge in [0.05, 0.1) is 21.6 Å². The smallest absolute Gasteiger partial charge is 0.408 e. The van der Waals surface area contributed by atoms with Gasteiger partial charge in [-0.1, -0.05) is 70.1 Å².